The molecule has 0 radical (unpaired) electrons. The lowest BCUT2D eigenvalue weighted by atomic mass is 9.92. The van der Waals surface area contributed by atoms with Gasteiger partial charge in [-0.1, -0.05) is 12.1 Å². The van der Waals surface area contributed by atoms with E-state index in [-0.39, 0.29) is 30.8 Å². The van der Waals surface area contributed by atoms with Crippen LogP contribution in [0.15, 0.2) is 42.5 Å². The Hall–Kier alpha value is -3.51. The number of benzene rings is 3. The number of aryl methyl sites for hydroxylation is 1. The van der Waals surface area contributed by atoms with Gasteiger partial charge in [0.1, 0.15) is 18.1 Å². The van der Waals surface area contributed by atoms with Crippen LogP contribution in [0.5, 0.6) is 17.2 Å². The Bertz CT molecular complexity index is 1400. The van der Waals surface area contributed by atoms with Gasteiger partial charge in [-0.2, -0.15) is 21.6 Å². The zero-order chi connectivity index (χ0) is 27.4. The molecule has 0 heterocycles. The summed E-state index contributed by atoms with van der Waals surface area (Å²) < 4.78 is 89.9. The SMILES string of the molecule is CCOC(=O)COCc1ccc(OC)cc1-c1c(C)cc2cc(OC)ccc2c1OS(=O)(=O)C(F)(F)F. The highest BCUT2D eigenvalue weighted by Gasteiger charge is 2.49. The van der Waals surface area contributed by atoms with Crippen molar-refractivity contribution in [2.45, 2.75) is 26.0 Å². The van der Waals surface area contributed by atoms with Gasteiger partial charge in [-0.05, 0) is 66.3 Å². The van der Waals surface area contributed by atoms with Gasteiger partial charge >= 0.3 is 21.6 Å². The topological polar surface area (TPSA) is 97.4 Å². The summed E-state index contributed by atoms with van der Waals surface area (Å²) >= 11 is 0. The van der Waals surface area contributed by atoms with Crippen LogP contribution in [0.25, 0.3) is 21.9 Å². The standard InChI is InChI=1S/C25H25F3O8S/c1-5-35-22(29)14-34-13-16-6-7-19(33-4)12-21(16)23-15(2)10-17-11-18(32-3)8-9-20(17)24(23)36-37(30,31)25(26,27)28/h6-12H,5,13-14H2,1-4H3. The van der Waals surface area contributed by atoms with Crippen LogP contribution in [0.1, 0.15) is 18.1 Å². The number of halogens is 3. The molecule has 0 amide bonds. The summed E-state index contributed by atoms with van der Waals surface area (Å²) in [7, 11) is -3.20. The van der Waals surface area contributed by atoms with E-state index in [4.69, 9.17) is 23.1 Å². The zero-order valence-corrected chi connectivity index (χ0v) is 21.3. The molecule has 0 aromatic heterocycles. The summed E-state index contributed by atoms with van der Waals surface area (Å²) in [4.78, 5) is 11.7. The molecule has 200 valence electrons. The maximum absolute atomic E-state index is 13.4. The number of carbonyl (C=O) groups is 1. The molecule has 0 N–H and O–H groups in total. The number of fused-ring (bicyclic) bond motifs is 1. The third kappa shape index (κ3) is 6.25. The number of esters is 1. The molecule has 3 aromatic rings. The first kappa shape index (κ1) is 28.1. The van der Waals surface area contributed by atoms with Crippen LogP contribution >= 0.6 is 0 Å². The summed E-state index contributed by atoms with van der Waals surface area (Å²) in [5, 5.41) is 0.506. The zero-order valence-electron chi connectivity index (χ0n) is 20.5. The third-order valence-corrected chi connectivity index (χ3v) is 6.30. The second kappa shape index (κ2) is 11.3. The van der Waals surface area contributed by atoms with E-state index in [2.05, 4.69) is 0 Å². The number of carbonyl (C=O) groups excluding carboxylic acids is 1. The summed E-state index contributed by atoms with van der Waals surface area (Å²) in [5.74, 6) is -0.342. The highest BCUT2D eigenvalue weighted by Crippen LogP contribution is 2.45. The normalized spacial score (nSPS) is 11.9. The first-order valence-electron chi connectivity index (χ1n) is 10.9. The van der Waals surface area contributed by atoms with E-state index in [0.29, 0.717) is 33.6 Å². The molecule has 0 unspecified atom stereocenters. The molecule has 0 saturated heterocycles. The minimum atomic E-state index is -6.02. The Morgan fingerprint density at radius 3 is 2.24 bits per heavy atom. The smallest absolute Gasteiger partial charge is 0.497 e. The molecular weight excluding hydrogens is 517 g/mol. The minimum absolute atomic E-state index is 0.0825. The quantitative estimate of drug-likeness (QED) is 0.197. The maximum atomic E-state index is 13.4. The van der Waals surface area contributed by atoms with Crippen molar-refractivity contribution in [1.82, 2.24) is 0 Å². The van der Waals surface area contributed by atoms with Crippen LogP contribution in [0.3, 0.4) is 0 Å². The number of methoxy groups -OCH3 is 2. The van der Waals surface area contributed by atoms with Crippen molar-refractivity contribution in [3.63, 3.8) is 0 Å². The Morgan fingerprint density at radius 1 is 0.973 bits per heavy atom. The molecule has 0 bridgehead atoms. The summed E-state index contributed by atoms with van der Waals surface area (Å²) in [6, 6.07) is 10.8. The molecule has 0 atom stereocenters. The Balaban J connectivity index is 2.26. The van der Waals surface area contributed by atoms with Crippen molar-refractivity contribution >= 4 is 26.9 Å². The van der Waals surface area contributed by atoms with E-state index in [1.54, 1.807) is 38.1 Å². The van der Waals surface area contributed by atoms with Crippen LogP contribution in [0.4, 0.5) is 13.2 Å². The number of rotatable bonds is 10. The Kier molecular flexibility index (Phi) is 8.54. The molecule has 37 heavy (non-hydrogen) atoms. The van der Waals surface area contributed by atoms with E-state index in [1.807, 2.05) is 0 Å². The van der Waals surface area contributed by atoms with Gasteiger partial charge in [0.25, 0.3) is 0 Å². The van der Waals surface area contributed by atoms with Crippen LogP contribution in [-0.4, -0.2) is 47.3 Å². The molecule has 0 aliphatic rings. The van der Waals surface area contributed by atoms with Gasteiger partial charge in [0.2, 0.25) is 0 Å². The molecule has 0 aliphatic heterocycles. The predicted molar refractivity (Wildman–Crippen MR) is 129 cm³/mol. The van der Waals surface area contributed by atoms with Crippen molar-refractivity contribution in [3.05, 3.63) is 53.6 Å². The van der Waals surface area contributed by atoms with Gasteiger partial charge in [-0.25, -0.2) is 4.79 Å². The lowest BCUT2D eigenvalue weighted by molar-refractivity contribution is -0.148. The largest absolute Gasteiger partial charge is 0.534 e. The Labute approximate surface area is 212 Å². The molecule has 0 spiro atoms. The average Bonchev–Trinajstić information content (AvgIpc) is 2.83. The first-order chi connectivity index (χ1) is 17.4. The van der Waals surface area contributed by atoms with E-state index in [9.17, 15) is 26.4 Å². The third-order valence-electron chi connectivity index (χ3n) is 5.34. The van der Waals surface area contributed by atoms with Crippen LogP contribution < -0.4 is 13.7 Å². The molecule has 0 fully saturated rings. The van der Waals surface area contributed by atoms with Gasteiger partial charge in [0.05, 0.1) is 27.4 Å². The molecule has 12 heteroatoms. The fourth-order valence-corrected chi connectivity index (χ4v) is 4.17. The molecule has 3 rings (SSSR count). The fourth-order valence-electron chi connectivity index (χ4n) is 3.68. The second-order valence-corrected chi connectivity index (χ2v) is 9.33. The summed E-state index contributed by atoms with van der Waals surface area (Å²) in [6.45, 7) is 2.93. The van der Waals surface area contributed by atoms with E-state index in [0.717, 1.165) is 0 Å². The fraction of sp³-hybridized carbons (Fsp3) is 0.320. The first-order valence-corrected chi connectivity index (χ1v) is 12.4. The van der Waals surface area contributed by atoms with Crippen molar-refractivity contribution in [2.75, 3.05) is 27.4 Å². The molecule has 3 aromatic carbocycles. The molecule has 0 aliphatic carbocycles. The minimum Gasteiger partial charge on any atom is -0.497 e. The molecular formula is C25H25F3O8S. The van der Waals surface area contributed by atoms with Gasteiger partial charge in [-0.3, -0.25) is 0 Å². The maximum Gasteiger partial charge on any atom is 0.534 e. The monoisotopic (exact) mass is 542 g/mol. The van der Waals surface area contributed by atoms with E-state index < -0.39 is 27.3 Å². The number of hydrogen-bond acceptors (Lipinski definition) is 8. The van der Waals surface area contributed by atoms with Gasteiger partial charge in [0.15, 0.2) is 5.75 Å². The van der Waals surface area contributed by atoms with Crippen LogP contribution in [0, 0.1) is 6.92 Å². The number of alkyl halides is 3. The second-order valence-electron chi connectivity index (χ2n) is 7.79. The number of ether oxygens (including phenoxy) is 4. The van der Waals surface area contributed by atoms with Gasteiger partial charge in [0, 0.05) is 10.9 Å². The van der Waals surface area contributed by atoms with Crippen LogP contribution in [-0.2, 0) is 31.0 Å². The van der Waals surface area contributed by atoms with Crippen molar-refractivity contribution in [3.8, 4) is 28.4 Å². The van der Waals surface area contributed by atoms with Crippen LogP contribution in [0.2, 0.25) is 0 Å². The summed E-state index contributed by atoms with van der Waals surface area (Å²) in [6.07, 6.45) is 0. The predicted octanol–water partition coefficient (Wildman–Crippen LogP) is 5.14. The molecule has 8 nitrogen and oxygen atoms in total. The van der Waals surface area contributed by atoms with Crippen molar-refractivity contribution in [1.29, 1.82) is 0 Å². The highest BCUT2D eigenvalue weighted by atomic mass is 32.2. The number of hydrogen-bond donors (Lipinski definition) is 0. The van der Waals surface area contributed by atoms with E-state index >= 15 is 0 Å². The van der Waals surface area contributed by atoms with E-state index in [1.165, 1.54) is 32.4 Å². The van der Waals surface area contributed by atoms with Gasteiger partial charge in [-0.15, -0.1) is 0 Å². The molecule has 0 saturated carbocycles. The van der Waals surface area contributed by atoms with Crippen molar-refractivity contribution in [2.24, 2.45) is 0 Å². The lowest BCUT2D eigenvalue weighted by Crippen LogP contribution is -2.28. The average molecular weight is 543 g/mol. The van der Waals surface area contributed by atoms with Crippen molar-refractivity contribution < 1.29 is 49.5 Å². The Morgan fingerprint density at radius 2 is 1.62 bits per heavy atom. The van der Waals surface area contributed by atoms with Gasteiger partial charge < -0.3 is 23.1 Å². The lowest BCUT2D eigenvalue weighted by Gasteiger charge is -2.20. The highest BCUT2D eigenvalue weighted by molar-refractivity contribution is 7.88. The summed E-state index contributed by atoms with van der Waals surface area (Å²) in [5.41, 5.74) is -4.43.